The number of carboxylic acid groups (broad SMARTS) is 1. The summed E-state index contributed by atoms with van der Waals surface area (Å²) in [4.78, 5) is 52.8. The molecular formula is C25H24N4O8. The number of carbonyl (C=O) groups is 3. The van der Waals surface area contributed by atoms with Crippen LogP contribution in [0.4, 0.5) is 4.79 Å². The van der Waals surface area contributed by atoms with Crippen LogP contribution in [0.2, 0.25) is 0 Å². The third-order valence-electron chi connectivity index (χ3n) is 6.81. The van der Waals surface area contributed by atoms with Gasteiger partial charge < -0.3 is 24.3 Å². The number of benzene rings is 1. The van der Waals surface area contributed by atoms with Gasteiger partial charge in [-0.1, -0.05) is 13.8 Å². The van der Waals surface area contributed by atoms with Gasteiger partial charge in [0.25, 0.3) is 11.5 Å². The molecule has 0 radical (unpaired) electrons. The van der Waals surface area contributed by atoms with Gasteiger partial charge in [0.1, 0.15) is 12.4 Å². The Morgan fingerprint density at radius 1 is 1.19 bits per heavy atom. The lowest BCUT2D eigenvalue weighted by Crippen LogP contribution is -2.44. The Bertz CT molecular complexity index is 1550. The van der Waals surface area contributed by atoms with Gasteiger partial charge in [-0.15, -0.1) is 0 Å². The van der Waals surface area contributed by atoms with E-state index in [-0.39, 0.29) is 36.3 Å². The number of nitrogens with zero attached hydrogens (tertiary/aromatic N) is 2. The molecule has 4 heterocycles. The molecule has 0 aliphatic carbocycles. The maximum atomic E-state index is 13.4. The summed E-state index contributed by atoms with van der Waals surface area (Å²) in [5, 5.41) is 20.4. The van der Waals surface area contributed by atoms with Crippen molar-refractivity contribution in [1.82, 2.24) is 20.4 Å². The van der Waals surface area contributed by atoms with Crippen molar-refractivity contribution in [2.24, 2.45) is 0 Å². The largest absolute Gasteiger partial charge is 0.484 e. The Balaban J connectivity index is 1.56. The molecule has 1 atom stereocenters. The quantitative estimate of drug-likeness (QED) is 0.229. The van der Waals surface area contributed by atoms with Gasteiger partial charge in [-0.3, -0.25) is 15.0 Å². The molecule has 2 aromatic heterocycles. The number of aryl methyl sites for hydroxylation is 1. The molecule has 1 aromatic carbocycles. The number of amides is 2. The lowest BCUT2D eigenvalue weighted by Gasteiger charge is -2.31. The average Bonchev–Trinajstić information content (AvgIpc) is 3.25. The molecule has 0 bridgehead atoms. The topological polar surface area (TPSA) is 169 Å². The van der Waals surface area contributed by atoms with Crippen molar-refractivity contribution < 1.29 is 34.1 Å². The lowest BCUT2D eigenvalue weighted by atomic mass is 9.86. The Kier molecular flexibility index (Phi) is 5.83. The summed E-state index contributed by atoms with van der Waals surface area (Å²) in [6, 6.07) is 6.79. The highest BCUT2D eigenvalue weighted by Crippen LogP contribution is 2.40. The number of hydrazine groups is 1. The van der Waals surface area contributed by atoms with E-state index in [0.717, 1.165) is 16.5 Å². The molecule has 2 aliphatic heterocycles. The van der Waals surface area contributed by atoms with E-state index in [1.165, 1.54) is 0 Å². The minimum atomic E-state index is -1.89. The van der Waals surface area contributed by atoms with Crippen LogP contribution >= 0.6 is 0 Å². The summed E-state index contributed by atoms with van der Waals surface area (Å²) in [6.07, 6.45) is -0.713. The minimum absolute atomic E-state index is 0.0626. The molecule has 12 heteroatoms. The molecule has 5 rings (SSSR count). The normalized spacial score (nSPS) is 17.4. The molecule has 2 amide bonds. The van der Waals surface area contributed by atoms with Crippen molar-refractivity contribution in [1.29, 1.82) is 0 Å². The predicted molar refractivity (Wildman–Crippen MR) is 129 cm³/mol. The van der Waals surface area contributed by atoms with Crippen molar-refractivity contribution in [2.45, 2.75) is 45.4 Å². The fourth-order valence-corrected chi connectivity index (χ4v) is 4.94. The average molecular weight is 508 g/mol. The first-order chi connectivity index (χ1) is 17.7. The molecule has 192 valence electrons. The first-order valence-electron chi connectivity index (χ1n) is 11.7. The second kappa shape index (κ2) is 8.89. The Morgan fingerprint density at radius 2 is 1.97 bits per heavy atom. The third-order valence-corrected chi connectivity index (χ3v) is 6.81. The second-order valence-electron chi connectivity index (χ2n) is 8.82. The summed E-state index contributed by atoms with van der Waals surface area (Å²) in [5.74, 6) is -1.05. The molecule has 4 N–H and O–H groups in total. The standard InChI is InChI=1S/C25H24N4O8/c1-3-13-14-7-12(36-11-20(30)27-28-24(33)34)5-6-18(14)26-21-15(13)9-29-19(21)8-17-16(22(29)31)10-37-23(32)25(17,35)4-2/h5-8,28,35H,3-4,9-11H2,1-2H3,(H,27,30)(H,33,34)/t25-/m0/s1. The number of ether oxygens (including phenoxy) is 2. The summed E-state index contributed by atoms with van der Waals surface area (Å²) in [6.45, 7) is 3.31. The molecule has 37 heavy (non-hydrogen) atoms. The van der Waals surface area contributed by atoms with E-state index in [1.807, 2.05) is 12.3 Å². The first kappa shape index (κ1) is 24.3. The number of nitrogens with one attached hydrogen (secondary N) is 2. The molecule has 2 aliphatic rings. The smallest absolute Gasteiger partial charge is 0.423 e. The van der Waals surface area contributed by atoms with Gasteiger partial charge in [-0.2, -0.15) is 0 Å². The van der Waals surface area contributed by atoms with Gasteiger partial charge in [-0.05, 0) is 42.7 Å². The lowest BCUT2D eigenvalue weighted by molar-refractivity contribution is -0.172. The number of hydrogen-bond acceptors (Lipinski definition) is 8. The van der Waals surface area contributed by atoms with Gasteiger partial charge in [0.15, 0.2) is 12.2 Å². The van der Waals surface area contributed by atoms with Crippen LogP contribution in [0.5, 0.6) is 5.75 Å². The molecule has 0 spiro atoms. The van der Waals surface area contributed by atoms with E-state index in [1.54, 1.807) is 41.2 Å². The summed E-state index contributed by atoms with van der Waals surface area (Å²) < 4.78 is 12.2. The van der Waals surface area contributed by atoms with E-state index in [4.69, 9.17) is 19.6 Å². The first-order valence-corrected chi connectivity index (χ1v) is 11.7. The van der Waals surface area contributed by atoms with Crippen LogP contribution in [0.3, 0.4) is 0 Å². The Hall–Kier alpha value is -4.45. The third kappa shape index (κ3) is 3.85. The molecule has 0 saturated carbocycles. The Morgan fingerprint density at radius 3 is 2.68 bits per heavy atom. The monoisotopic (exact) mass is 508 g/mol. The van der Waals surface area contributed by atoms with Crippen LogP contribution in [0.25, 0.3) is 22.3 Å². The van der Waals surface area contributed by atoms with Gasteiger partial charge in [-0.25, -0.2) is 20.0 Å². The Labute approximate surface area is 209 Å². The fourth-order valence-electron chi connectivity index (χ4n) is 4.94. The highest BCUT2D eigenvalue weighted by Gasteiger charge is 2.45. The van der Waals surface area contributed by atoms with Crippen molar-refractivity contribution in [2.75, 3.05) is 6.61 Å². The molecule has 3 aromatic rings. The molecule has 0 fully saturated rings. The van der Waals surface area contributed by atoms with E-state index in [9.17, 15) is 24.3 Å². The molecule has 0 unspecified atom stereocenters. The van der Waals surface area contributed by atoms with E-state index in [2.05, 4.69) is 0 Å². The number of fused-ring (bicyclic) bond motifs is 5. The zero-order valence-corrected chi connectivity index (χ0v) is 20.1. The fraction of sp³-hybridized carbons (Fsp3) is 0.320. The number of esters is 1. The van der Waals surface area contributed by atoms with Crippen LogP contribution in [-0.4, -0.2) is 44.3 Å². The van der Waals surface area contributed by atoms with E-state index >= 15 is 0 Å². The second-order valence-corrected chi connectivity index (χ2v) is 8.82. The van der Waals surface area contributed by atoms with Gasteiger partial charge in [0, 0.05) is 16.5 Å². The van der Waals surface area contributed by atoms with Gasteiger partial charge in [0.05, 0.1) is 29.0 Å². The number of aromatic nitrogens is 2. The van der Waals surface area contributed by atoms with Crippen LogP contribution in [-0.2, 0) is 39.5 Å². The van der Waals surface area contributed by atoms with Crippen molar-refractivity contribution in [3.05, 3.63) is 56.9 Å². The maximum Gasteiger partial charge on any atom is 0.423 e. The van der Waals surface area contributed by atoms with Crippen LogP contribution in [0, 0.1) is 0 Å². The summed E-state index contributed by atoms with van der Waals surface area (Å²) >= 11 is 0. The molecule has 12 nitrogen and oxygen atoms in total. The van der Waals surface area contributed by atoms with E-state index in [0.29, 0.717) is 29.1 Å². The van der Waals surface area contributed by atoms with Crippen molar-refractivity contribution in [3.8, 4) is 17.1 Å². The van der Waals surface area contributed by atoms with Crippen LogP contribution in [0.1, 0.15) is 42.5 Å². The highest BCUT2D eigenvalue weighted by atomic mass is 16.6. The zero-order valence-electron chi connectivity index (χ0n) is 20.1. The van der Waals surface area contributed by atoms with Crippen molar-refractivity contribution >= 4 is 28.9 Å². The van der Waals surface area contributed by atoms with Crippen LogP contribution in [0.15, 0.2) is 29.1 Å². The number of carbonyl (C=O) groups excluding carboxylic acids is 2. The maximum absolute atomic E-state index is 13.4. The summed E-state index contributed by atoms with van der Waals surface area (Å²) in [7, 11) is 0. The SMILES string of the molecule is CCc1c2c(nc3ccc(OCC(=O)NNC(=O)O)cc13)-c1cc3c(c(=O)n1C2)COC(=O)[C@]3(O)CC. The number of cyclic esters (lactones) is 1. The predicted octanol–water partition coefficient (Wildman–Crippen LogP) is 1.32. The zero-order chi connectivity index (χ0) is 26.5. The minimum Gasteiger partial charge on any atom is -0.484 e. The number of pyridine rings is 2. The number of rotatable bonds is 5. The van der Waals surface area contributed by atoms with Gasteiger partial charge in [0.2, 0.25) is 0 Å². The highest BCUT2D eigenvalue weighted by molar-refractivity contribution is 5.90. The number of aliphatic hydroxyl groups is 1. The van der Waals surface area contributed by atoms with E-state index < -0.39 is 30.2 Å². The van der Waals surface area contributed by atoms with Crippen molar-refractivity contribution in [3.63, 3.8) is 0 Å². The van der Waals surface area contributed by atoms with Crippen LogP contribution < -0.4 is 21.1 Å². The number of hydrogen-bond donors (Lipinski definition) is 4. The molecule has 0 saturated heterocycles. The van der Waals surface area contributed by atoms with Gasteiger partial charge >= 0.3 is 12.1 Å². The summed E-state index contributed by atoms with van der Waals surface area (Å²) in [5.41, 5.74) is 5.61. The molecular weight excluding hydrogens is 484 g/mol.